The quantitative estimate of drug-likeness (QED) is 0.846. The van der Waals surface area contributed by atoms with Gasteiger partial charge in [0.25, 0.3) is 0 Å². The number of halogens is 2. The van der Waals surface area contributed by atoms with Crippen LogP contribution in [0.4, 0.5) is 8.78 Å². The van der Waals surface area contributed by atoms with Crippen molar-refractivity contribution in [3.8, 4) is 11.5 Å². The van der Waals surface area contributed by atoms with E-state index in [-0.39, 0.29) is 5.75 Å². The third-order valence-corrected chi connectivity index (χ3v) is 3.56. The smallest absolute Gasteiger partial charge is 0.387 e. The van der Waals surface area contributed by atoms with E-state index in [9.17, 15) is 8.78 Å². The molecule has 0 aliphatic carbocycles. The summed E-state index contributed by atoms with van der Waals surface area (Å²) in [5.74, 6) is 0.393. The number of hydrogen-bond donors (Lipinski definition) is 1. The number of methoxy groups -OCH3 is 1. The summed E-state index contributed by atoms with van der Waals surface area (Å²) in [5, 5.41) is 5.19. The fraction of sp³-hybridized carbons (Fsp3) is 0.286. The first kappa shape index (κ1) is 14.7. The van der Waals surface area contributed by atoms with Crippen molar-refractivity contribution in [1.29, 1.82) is 0 Å². The van der Waals surface area contributed by atoms with Crippen molar-refractivity contribution in [1.82, 2.24) is 5.32 Å². The number of para-hydroxylation sites is 1. The lowest BCUT2D eigenvalue weighted by Crippen LogP contribution is -2.14. The van der Waals surface area contributed by atoms with Crippen molar-refractivity contribution in [3.05, 3.63) is 46.2 Å². The highest BCUT2D eigenvalue weighted by atomic mass is 32.1. The van der Waals surface area contributed by atoms with Crippen molar-refractivity contribution in [2.75, 3.05) is 7.11 Å². The van der Waals surface area contributed by atoms with Crippen molar-refractivity contribution in [2.45, 2.75) is 19.7 Å². The molecule has 1 N–H and O–H groups in total. The van der Waals surface area contributed by atoms with Gasteiger partial charge in [0.2, 0.25) is 0 Å². The van der Waals surface area contributed by atoms with Gasteiger partial charge in [-0.3, -0.25) is 0 Å². The fourth-order valence-electron chi connectivity index (χ4n) is 1.82. The molecule has 0 spiro atoms. The molecule has 0 unspecified atom stereocenters. The van der Waals surface area contributed by atoms with Crippen LogP contribution in [0.15, 0.2) is 35.7 Å². The highest BCUT2D eigenvalue weighted by molar-refractivity contribution is 7.09. The molecule has 0 saturated heterocycles. The maximum atomic E-state index is 12.5. The minimum absolute atomic E-state index is 0.0867. The van der Waals surface area contributed by atoms with Gasteiger partial charge in [-0.15, -0.1) is 11.3 Å². The molecule has 20 heavy (non-hydrogen) atoms. The van der Waals surface area contributed by atoms with E-state index in [2.05, 4.69) is 10.1 Å². The average Bonchev–Trinajstić information content (AvgIpc) is 2.93. The van der Waals surface area contributed by atoms with Crippen LogP contribution in [0.3, 0.4) is 0 Å². The Morgan fingerprint density at radius 2 is 2.05 bits per heavy atom. The summed E-state index contributed by atoms with van der Waals surface area (Å²) >= 11 is 1.64. The summed E-state index contributed by atoms with van der Waals surface area (Å²) in [5.41, 5.74) is 0.640. The van der Waals surface area contributed by atoms with Crippen molar-refractivity contribution in [3.63, 3.8) is 0 Å². The van der Waals surface area contributed by atoms with Crippen LogP contribution < -0.4 is 14.8 Å². The number of alkyl halides is 2. The Hall–Kier alpha value is -1.66. The Morgan fingerprint density at radius 1 is 1.20 bits per heavy atom. The molecule has 3 nitrogen and oxygen atoms in total. The van der Waals surface area contributed by atoms with Gasteiger partial charge in [0.15, 0.2) is 11.5 Å². The van der Waals surface area contributed by atoms with E-state index in [0.29, 0.717) is 24.4 Å². The molecule has 1 aromatic carbocycles. The molecule has 0 amide bonds. The lowest BCUT2D eigenvalue weighted by atomic mass is 10.2. The minimum atomic E-state index is -2.87. The van der Waals surface area contributed by atoms with Gasteiger partial charge in [0.05, 0.1) is 7.11 Å². The predicted molar refractivity (Wildman–Crippen MR) is 74.5 cm³/mol. The summed E-state index contributed by atoms with van der Waals surface area (Å²) in [6.07, 6.45) is 0. The van der Waals surface area contributed by atoms with Gasteiger partial charge in [-0.2, -0.15) is 8.78 Å². The van der Waals surface area contributed by atoms with Crippen LogP contribution in [-0.2, 0) is 13.1 Å². The van der Waals surface area contributed by atoms with Gasteiger partial charge in [-0.05, 0) is 17.5 Å². The molecule has 108 valence electrons. The third kappa shape index (κ3) is 3.91. The lowest BCUT2D eigenvalue weighted by molar-refractivity contribution is -0.0518. The summed E-state index contributed by atoms with van der Waals surface area (Å²) in [6, 6.07) is 9.07. The van der Waals surface area contributed by atoms with E-state index in [0.717, 1.165) is 0 Å². The maximum absolute atomic E-state index is 12.5. The van der Waals surface area contributed by atoms with Crippen LogP contribution in [0.5, 0.6) is 11.5 Å². The molecule has 2 rings (SSSR count). The molecule has 0 radical (unpaired) electrons. The second-order valence-electron chi connectivity index (χ2n) is 4.01. The second-order valence-corrected chi connectivity index (χ2v) is 5.04. The molecule has 0 bridgehead atoms. The molecule has 0 aliphatic rings. The van der Waals surface area contributed by atoms with E-state index in [4.69, 9.17) is 4.74 Å². The second kappa shape index (κ2) is 7.21. The average molecular weight is 299 g/mol. The van der Waals surface area contributed by atoms with Crippen molar-refractivity contribution >= 4 is 11.3 Å². The lowest BCUT2D eigenvalue weighted by Gasteiger charge is -2.14. The third-order valence-electron chi connectivity index (χ3n) is 2.68. The summed E-state index contributed by atoms with van der Waals surface area (Å²) in [7, 11) is 1.43. The number of hydrogen-bond acceptors (Lipinski definition) is 4. The molecular formula is C14H15F2NO2S. The molecule has 1 aromatic heterocycles. The molecule has 2 aromatic rings. The Bertz CT molecular complexity index is 532. The van der Waals surface area contributed by atoms with E-state index in [1.807, 2.05) is 17.5 Å². The van der Waals surface area contributed by atoms with Gasteiger partial charge in [0.1, 0.15) is 0 Å². The number of nitrogens with one attached hydrogen (secondary N) is 1. The topological polar surface area (TPSA) is 30.5 Å². The Morgan fingerprint density at radius 3 is 2.70 bits per heavy atom. The first-order chi connectivity index (χ1) is 9.70. The summed E-state index contributed by atoms with van der Waals surface area (Å²) in [4.78, 5) is 1.18. The highest BCUT2D eigenvalue weighted by Gasteiger charge is 2.14. The predicted octanol–water partition coefficient (Wildman–Crippen LogP) is 3.65. The molecular weight excluding hydrogens is 284 g/mol. The molecule has 0 fully saturated rings. The van der Waals surface area contributed by atoms with E-state index < -0.39 is 6.61 Å². The van der Waals surface area contributed by atoms with Crippen LogP contribution in [-0.4, -0.2) is 13.7 Å². The zero-order chi connectivity index (χ0) is 14.4. The van der Waals surface area contributed by atoms with Crippen LogP contribution in [0.1, 0.15) is 10.4 Å². The van der Waals surface area contributed by atoms with Gasteiger partial charge in [0, 0.05) is 23.5 Å². The molecule has 0 aliphatic heterocycles. The number of benzene rings is 1. The normalized spacial score (nSPS) is 10.8. The standard InChI is InChI=1S/C14H15F2NO2S/c1-18-12-6-2-4-10(13(12)19-14(15)16)8-17-9-11-5-3-7-20-11/h2-7,14,17H,8-9H2,1H3. The fourth-order valence-corrected chi connectivity index (χ4v) is 2.49. The van der Waals surface area contributed by atoms with Crippen molar-refractivity contribution < 1.29 is 18.3 Å². The molecule has 6 heteroatoms. The first-order valence-corrected chi connectivity index (χ1v) is 6.92. The van der Waals surface area contributed by atoms with Crippen LogP contribution in [0, 0.1) is 0 Å². The van der Waals surface area contributed by atoms with Crippen LogP contribution in [0.2, 0.25) is 0 Å². The SMILES string of the molecule is COc1cccc(CNCc2cccs2)c1OC(F)F. The van der Waals surface area contributed by atoms with E-state index in [1.165, 1.54) is 12.0 Å². The monoisotopic (exact) mass is 299 g/mol. The number of rotatable bonds is 7. The highest BCUT2D eigenvalue weighted by Crippen LogP contribution is 2.32. The summed E-state index contributed by atoms with van der Waals surface area (Å²) in [6.45, 7) is -1.76. The number of thiophene rings is 1. The first-order valence-electron chi connectivity index (χ1n) is 6.04. The Balaban J connectivity index is 2.05. The minimum Gasteiger partial charge on any atom is -0.493 e. The van der Waals surface area contributed by atoms with Crippen molar-refractivity contribution in [2.24, 2.45) is 0 Å². The largest absolute Gasteiger partial charge is 0.493 e. The zero-order valence-electron chi connectivity index (χ0n) is 10.9. The van der Waals surface area contributed by atoms with Gasteiger partial charge in [-0.1, -0.05) is 18.2 Å². The summed E-state index contributed by atoms with van der Waals surface area (Å²) < 4.78 is 34.5. The van der Waals surface area contributed by atoms with E-state index in [1.54, 1.807) is 29.5 Å². The Kier molecular flexibility index (Phi) is 5.31. The van der Waals surface area contributed by atoms with E-state index >= 15 is 0 Å². The maximum Gasteiger partial charge on any atom is 0.387 e. The van der Waals surface area contributed by atoms with Gasteiger partial charge in [-0.25, -0.2) is 0 Å². The van der Waals surface area contributed by atoms with Gasteiger partial charge >= 0.3 is 6.61 Å². The zero-order valence-corrected chi connectivity index (χ0v) is 11.8. The number of ether oxygens (including phenoxy) is 2. The molecule has 1 heterocycles. The van der Waals surface area contributed by atoms with Crippen LogP contribution >= 0.6 is 11.3 Å². The molecule has 0 atom stereocenters. The molecule has 0 saturated carbocycles. The Labute approximate surface area is 120 Å². The van der Waals surface area contributed by atoms with Gasteiger partial charge < -0.3 is 14.8 Å². The van der Waals surface area contributed by atoms with Crippen LogP contribution in [0.25, 0.3) is 0 Å².